The van der Waals surface area contributed by atoms with Gasteiger partial charge in [0.2, 0.25) is 0 Å². The van der Waals surface area contributed by atoms with Gasteiger partial charge in [0.05, 0.1) is 20.8 Å². The summed E-state index contributed by atoms with van der Waals surface area (Å²) in [6, 6.07) is 7.67. The quantitative estimate of drug-likeness (QED) is 0.572. The molecule has 0 atom stereocenters. The summed E-state index contributed by atoms with van der Waals surface area (Å²) in [7, 11) is -3.96. The molecule has 0 heterocycles. The highest BCUT2D eigenvalue weighted by molar-refractivity contribution is 9.10. The molecule has 0 fully saturated rings. The maximum Gasteiger partial charge on any atom is 0.264 e. The lowest BCUT2D eigenvalue weighted by Gasteiger charge is -2.12. The Bertz CT molecular complexity index is 789. The number of anilines is 1. The first-order valence-corrected chi connectivity index (χ1v) is 9.53. The number of rotatable bonds is 3. The molecule has 21 heavy (non-hydrogen) atoms. The predicted octanol–water partition coefficient (Wildman–Crippen LogP) is 5.97. The third kappa shape index (κ3) is 4.06. The molecule has 1 N–H and O–H groups in total. The van der Waals surface area contributed by atoms with Gasteiger partial charge in [-0.1, -0.05) is 66.7 Å². The topological polar surface area (TPSA) is 46.2 Å². The van der Waals surface area contributed by atoms with Crippen molar-refractivity contribution in [3.05, 3.63) is 54.3 Å². The highest BCUT2D eigenvalue weighted by Crippen LogP contribution is 2.35. The second-order valence-electron chi connectivity index (χ2n) is 3.93. The molecule has 0 saturated heterocycles. The number of benzene rings is 2. The molecule has 2 aromatic carbocycles. The van der Waals surface area contributed by atoms with E-state index in [1.807, 2.05) is 0 Å². The molecule has 0 radical (unpaired) electrons. The Hall–Kier alpha value is 0.0200. The van der Waals surface area contributed by atoms with Gasteiger partial charge in [-0.25, -0.2) is 8.42 Å². The lowest BCUT2D eigenvalue weighted by atomic mass is 10.3. The number of hydrogen-bond acceptors (Lipinski definition) is 2. The van der Waals surface area contributed by atoms with Crippen LogP contribution in [0.5, 0.6) is 0 Å². The molecular formula is C12H6Br2Cl3NO2S. The molecule has 9 heteroatoms. The molecular weight excluding hydrogens is 488 g/mol. The molecule has 0 bridgehead atoms. The SMILES string of the molecule is O=S(=O)(Nc1ccc(Br)cc1Cl)c1c(Cl)cc(Br)cc1Cl. The van der Waals surface area contributed by atoms with Gasteiger partial charge in [-0.3, -0.25) is 4.72 Å². The van der Waals surface area contributed by atoms with Crippen LogP contribution in [-0.4, -0.2) is 8.42 Å². The van der Waals surface area contributed by atoms with Gasteiger partial charge >= 0.3 is 0 Å². The van der Waals surface area contributed by atoms with Gasteiger partial charge in [0, 0.05) is 8.95 Å². The molecule has 0 amide bonds. The van der Waals surface area contributed by atoms with Crippen LogP contribution in [-0.2, 0) is 10.0 Å². The zero-order valence-electron chi connectivity index (χ0n) is 10.0. The Morgan fingerprint density at radius 2 is 1.38 bits per heavy atom. The number of halogens is 5. The number of sulfonamides is 1. The number of nitrogens with one attached hydrogen (secondary N) is 1. The fourth-order valence-corrected chi connectivity index (χ4v) is 5.35. The highest BCUT2D eigenvalue weighted by Gasteiger charge is 2.23. The third-order valence-electron chi connectivity index (χ3n) is 2.41. The molecule has 0 aliphatic heterocycles. The van der Waals surface area contributed by atoms with Crippen LogP contribution in [0, 0.1) is 0 Å². The standard InChI is InChI=1S/C12H6Br2Cl3NO2S/c13-6-1-2-11(8(15)3-6)18-21(19,20)12-9(16)4-7(14)5-10(12)17/h1-5,18H. The fourth-order valence-electron chi connectivity index (χ4n) is 1.55. The van der Waals surface area contributed by atoms with Crippen LogP contribution in [0.1, 0.15) is 0 Å². The van der Waals surface area contributed by atoms with Gasteiger partial charge in [-0.2, -0.15) is 0 Å². The molecule has 112 valence electrons. The Balaban J connectivity index is 2.48. The minimum absolute atomic E-state index is 0.00936. The van der Waals surface area contributed by atoms with E-state index in [1.165, 1.54) is 18.2 Å². The van der Waals surface area contributed by atoms with Crippen LogP contribution >= 0.6 is 66.7 Å². The second kappa shape index (κ2) is 6.64. The maximum atomic E-state index is 12.4. The fraction of sp³-hybridized carbons (Fsp3) is 0. The predicted molar refractivity (Wildman–Crippen MR) is 94.1 cm³/mol. The summed E-state index contributed by atoms with van der Waals surface area (Å²) < 4.78 is 28.5. The maximum absolute atomic E-state index is 12.4. The Morgan fingerprint density at radius 3 is 1.90 bits per heavy atom. The summed E-state index contributed by atoms with van der Waals surface area (Å²) in [5.41, 5.74) is 0.231. The monoisotopic (exact) mass is 491 g/mol. The average Bonchev–Trinajstić information content (AvgIpc) is 2.30. The Labute approximate surface area is 153 Å². The van der Waals surface area contributed by atoms with E-state index in [0.29, 0.717) is 4.47 Å². The van der Waals surface area contributed by atoms with Crippen LogP contribution in [0.25, 0.3) is 0 Å². The van der Waals surface area contributed by atoms with Crippen molar-refractivity contribution in [2.75, 3.05) is 4.72 Å². The lowest BCUT2D eigenvalue weighted by Crippen LogP contribution is -2.14. The van der Waals surface area contributed by atoms with Crippen LogP contribution in [0.15, 0.2) is 44.2 Å². The van der Waals surface area contributed by atoms with Gasteiger partial charge in [-0.15, -0.1) is 0 Å². The van der Waals surface area contributed by atoms with E-state index in [1.54, 1.807) is 12.1 Å². The zero-order chi connectivity index (χ0) is 15.8. The van der Waals surface area contributed by atoms with E-state index in [9.17, 15) is 8.42 Å². The van der Waals surface area contributed by atoms with Crippen molar-refractivity contribution in [2.45, 2.75) is 4.90 Å². The minimum atomic E-state index is -3.96. The molecule has 0 aliphatic rings. The molecule has 0 saturated carbocycles. The first-order valence-electron chi connectivity index (χ1n) is 5.33. The van der Waals surface area contributed by atoms with Crippen LogP contribution in [0.3, 0.4) is 0 Å². The van der Waals surface area contributed by atoms with Crippen LogP contribution in [0.4, 0.5) is 5.69 Å². The van der Waals surface area contributed by atoms with E-state index < -0.39 is 10.0 Å². The summed E-state index contributed by atoms with van der Waals surface area (Å²) in [6.45, 7) is 0. The molecule has 2 aromatic rings. The van der Waals surface area contributed by atoms with E-state index in [0.717, 1.165) is 4.47 Å². The first kappa shape index (κ1) is 17.4. The van der Waals surface area contributed by atoms with Crippen LogP contribution in [0.2, 0.25) is 15.1 Å². The summed E-state index contributed by atoms with van der Waals surface area (Å²) >= 11 is 24.4. The van der Waals surface area contributed by atoms with E-state index in [4.69, 9.17) is 34.8 Å². The van der Waals surface area contributed by atoms with E-state index in [-0.39, 0.29) is 25.7 Å². The minimum Gasteiger partial charge on any atom is -0.278 e. The molecule has 0 aliphatic carbocycles. The smallest absolute Gasteiger partial charge is 0.264 e. The largest absolute Gasteiger partial charge is 0.278 e. The van der Waals surface area contributed by atoms with Gasteiger partial charge < -0.3 is 0 Å². The van der Waals surface area contributed by atoms with Crippen molar-refractivity contribution >= 4 is 82.4 Å². The zero-order valence-corrected chi connectivity index (χ0v) is 16.3. The highest BCUT2D eigenvalue weighted by atomic mass is 79.9. The van der Waals surface area contributed by atoms with Crippen molar-refractivity contribution in [2.24, 2.45) is 0 Å². The van der Waals surface area contributed by atoms with Crippen molar-refractivity contribution in [1.29, 1.82) is 0 Å². The van der Waals surface area contributed by atoms with E-state index >= 15 is 0 Å². The van der Waals surface area contributed by atoms with E-state index in [2.05, 4.69) is 36.6 Å². The Morgan fingerprint density at radius 1 is 0.857 bits per heavy atom. The van der Waals surface area contributed by atoms with Gasteiger partial charge in [-0.05, 0) is 30.3 Å². The lowest BCUT2D eigenvalue weighted by molar-refractivity contribution is 0.601. The van der Waals surface area contributed by atoms with Crippen molar-refractivity contribution < 1.29 is 8.42 Å². The summed E-state index contributed by atoms with van der Waals surface area (Å²) in [6.07, 6.45) is 0. The summed E-state index contributed by atoms with van der Waals surface area (Å²) in [5.74, 6) is 0. The van der Waals surface area contributed by atoms with Gasteiger partial charge in [0.1, 0.15) is 4.90 Å². The first-order chi connectivity index (χ1) is 9.70. The van der Waals surface area contributed by atoms with Crippen molar-refractivity contribution in [3.8, 4) is 0 Å². The molecule has 0 spiro atoms. The molecule has 3 nitrogen and oxygen atoms in total. The average molecular weight is 494 g/mol. The summed E-state index contributed by atoms with van der Waals surface area (Å²) in [5, 5.41) is 0.266. The normalized spacial score (nSPS) is 11.5. The number of hydrogen-bond donors (Lipinski definition) is 1. The Kier molecular flexibility index (Phi) is 5.50. The van der Waals surface area contributed by atoms with Crippen LogP contribution < -0.4 is 4.72 Å². The van der Waals surface area contributed by atoms with Crippen molar-refractivity contribution in [3.63, 3.8) is 0 Å². The summed E-state index contributed by atoms with van der Waals surface area (Å²) in [4.78, 5) is -0.201. The third-order valence-corrected chi connectivity index (χ3v) is 5.96. The van der Waals surface area contributed by atoms with Crippen molar-refractivity contribution in [1.82, 2.24) is 0 Å². The van der Waals surface area contributed by atoms with Gasteiger partial charge in [0.15, 0.2) is 0 Å². The molecule has 0 unspecified atom stereocenters. The second-order valence-corrected chi connectivity index (χ2v) is 8.60. The van der Waals surface area contributed by atoms with Gasteiger partial charge in [0.25, 0.3) is 10.0 Å². The molecule has 2 rings (SSSR count). The molecule has 0 aromatic heterocycles.